The molecule has 0 aromatic heterocycles. The Hall–Kier alpha value is -1.88. The number of hydrogen-bond acceptors (Lipinski definition) is 4. The molecule has 4 heteroatoms. The van der Waals surface area contributed by atoms with Crippen LogP contribution in [0, 0.1) is 0 Å². The largest absolute Gasteiger partial charge is 0.497 e. The molecule has 4 nitrogen and oxygen atoms in total. The quantitative estimate of drug-likeness (QED) is 0.921. The maximum absolute atomic E-state index is 10.4. The first-order chi connectivity index (χ1) is 11.3. The van der Waals surface area contributed by atoms with E-state index in [0.717, 1.165) is 48.7 Å². The average molecular weight is 313 g/mol. The Labute approximate surface area is 137 Å². The van der Waals surface area contributed by atoms with Gasteiger partial charge in [0.05, 0.1) is 26.4 Å². The highest BCUT2D eigenvalue weighted by atomic mass is 16.5. The van der Waals surface area contributed by atoms with Gasteiger partial charge in [-0.2, -0.15) is 0 Å². The van der Waals surface area contributed by atoms with Crippen LogP contribution in [0.4, 0.5) is 0 Å². The van der Waals surface area contributed by atoms with Crippen LogP contribution in [0.1, 0.15) is 11.7 Å². The minimum atomic E-state index is -0.465. The summed E-state index contributed by atoms with van der Waals surface area (Å²) in [6, 6.07) is 16.1. The Balaban J connectivity index is 1.68. The smallest absolute Gasteiger partial charge is 0.119 e. The molecule has 1 saturated heterocycles. The summed E-state index contributed by atoms with van der Waals surface area (Å²) in [6.45, 7) is 3.93. The Morgan fingerprint density at radius 2 is 1.83 bits per heavy atom. The molecule has 2 aromatic rings. The van der Waals surface area contributed by atoms with Gasteiger partial charge in [-0.3, -0.25) is 4.90 Å². The Morgan fingerprint density at radius 1 is 1.09 bits per heavy atom. The summed E-state index contributed by atoms with van der Waals surface area (Å²) in [5.41, 5.74) is 3.17. The fourth-order valence-corrected chi connectivity index (χ4v) is 2.83. The van der Waals surface area contributed by atoms with E-state index in [2.05, 4.69) is 11.0 Å². The molecule has 3 rings (SSSR count). The summed E-state index contributed by atoms with van der Waals surface area (Å²) in [5.74, 6) is 0.846. The number of nitrogens with zero attached hydrogens (tertiary/aromatic N) is 1. The molecular formula is C19H23NO3. The molecule has 0 amide bonds. The highest BCUT2D eigenvalue weighted by Crippen LogP contribution is 2.25. The van der Waals surface area contributed by atoms with E-state index < -0.39 is 6.10 Å². The van der Waals surface area contributed by atoms with E-state index in [1.807, 2.05) is 42.5 Å². The molecule has 1 heterocycles. The lowest BCUT2D eigenvalue weighted by atomic mass is 10.0. The number of aliphatic hydroxyl groups is 1. The van der Waals surface area contributed by atoms with Crippen molar-refractivity contribution in [1.29, 1.82) is 0 Å². The van der Waals surface area contributed by atoms with Crippen LogP contribution in [0.15, 0.2) is 48.5 Å². The van der Waals surface area contributed by atoms with E-state index in [1.165, 1.54) is 0 Å². The van der Waals surface area contributed by atoms with E-state index >= 15 is 0 Å². The zero-order chi connectivity index (χ0) is 16.1. The van der Waals surface area contributed by atoms with Gasteiger partial charge in [0.15, 0.2) is 0 Å². The van der Waals surface area contributed by atoms with E-state index in [1.54, 1.807) is 7.11 Å². The summed E-state index contributed by atoms with van der Waals surface area (Å²) >= 11 is 0. The third-order valence-electron chi connectivity index (χ3n) is 4.23. The van der Waals surface area contributed by atoms with Gasteiger partial charge in [-0.1, -0.05) is 36.4 Å². The summed E-state index contributed by atoms with van der Waals surface area (Å²) < 4.78 is 10.6. The standard InChI is InChI=1S/C19H23NO3/c1-22-18-4-2-3-17(13-18)15-5-7-16(8-6-15)19(21)14-20-9-11-23-12-10-20/h2-8,13,19,21H,9-12,14H2,1H3/t19-/m0/s1. The van der Waals surface area contributed by atoms with Crippen molar-refractivity contribution in [2.24, 2.45) is 0 Å². The number of rotatable bonds is 5. The van der Waals surface area contributed by atoms with Gasteiger partial charge in [0, 0.05) is 19.6 Å². The molecule has 0 spiro atoms. The molecule has 0 bridgehead atoms. The van der Waals surface area contributed by atoms with Crippen LogP contribution in [0.3, 0.4) is 0 Å². The Bertz CT molecular complexity index is 621. The normalized spacial score (nSPS) is 17.0. The van der Waals surface area contributed by atoms with Crippen molar-refractivity contribution in [3.8, 4) is 16.9 Å². The maximum Gasteiger partial charge on any atom is 0.119 e. The minimum Gasteiger partial charge on any atom is -0.497 e. The second-order valence-corrected chi connectivity index (χ2v) is 5.78. The van der Waals surface area contributed by atoms with Crippen LogP contribution in [-0.2, 0) is 4.74 Å². The second-order valence-electron chi connectivity index (χ2n) is 5.78. The predicted molar refractivity (Wildman–Crippen MR) is 90.6 cm³/mol. The molecule has 0 saturated carbocycles. The van der Waals surface area contributed by atoms with E-state index in [0.29, 0.717) is 6.54 Å². The van der Waals surface area contributed by atoms with Crippen LogP contribution in [0.2, 0.25) is 0 Å². The van der Waals surface area contributed by atoms with Crippen molar-refractivity contribution in [2.75, 3.05) is 40.0 Å². The Morgan fingerprint density at radius 3 is 2.52 bits per heavy atom. The highest BCUT2D eigenvalue weighted by molar-refractivity contribution is 5.65. The number of methoxy groups -OCH3 is 1. The lowest BCUT2D eigenvalue weighted by molar-refractivity contribution is 0.0143. The first-order valence-electron chi connectivity index (χ1n) is 7.99. The molecule has 0 unspecified atom stereocenters. The highest BCUT2D eigenvalue weighted by Gasteiger charge is 2.16. The summed E-state index contributed by atoms with van der Waals surface area (Å²) in [6.07, 6.45) is -0.465. The van der Waals surface area contributed by atoms with Crippen LogP contribution in [0.25, 0.3) is 11.1 Å². The molecule has 2 aromatic carbocycles. The molecule has 1 aliphatic rings. The zero-order valence-electron chi connectivity index (χ0n) is 13.4. The molecular weight excluding hydrogens is 290 g/mol. The van der Waals surface area contributed by atoms with E-state index in [4.69, 9.17) is 9.47 Å². The zero-order valence-corrected chi connectivity index (χ0v) is 13.4. The Kier molecular flexibility index (Phi) is 5.28. The van der Waals surface area contributed by atoms with Gasteiger partial charge in [-0.15, -0.1) is 0 Å². The topological polar surface area (TPSA) is 41.9 Å². The minimum absolute atomic E-state index is 0.465. The molecule has 1 aliphatic heterocycles. The van der Waals surface area contributed by atoms with Gasteiger partial charge >= 0.3 is 0 Å². The van der Waals surface area contributed by atoms with Crippen LogP contribution >= 0.6 is 0 Å². The molecule has 1 atom stereocenters. The van der Waals surface area contributed by atoms with Crippen molar-refractivity contribution in [3.05, 3.63) is 54.1 Å². The van der Waals surface area contributed by atoms with Crippen molar-refractivity contribution < 1.29 is 14.6 Å². The van der Waals surface area contributed by atoms with Gasteiger partial charge in [0.1, 0.15) is 5.75 Å². The molecule has 1 fully saturated rings. The van der Waals surface area contributed by atoms with E-state index in [-0.39, 0.29) is 0 Å². The second kappa shape index (κ2) is 7.59. The average Bonchev–Trinajstić information content (AvgIpc) is 2.63. The first kappa shape index (κ1) is 16.0. The van der Waals surface area contributed by atoms with Gasteiger partial charge < -0.3 is 14.6 Å². The third kappa shape index (κ3) is 4.10. The van der Waals surface area contributed by atoms with Gasteiger partial charge in [-0.25, -0.2) is 0 Å². The summed E-state index contributed by atoms with van der Waals surface area (Å²) in [4.78, 5) is 2.24. The number of ether oxygens (including phenoxy) is 2. The number of β-amino-alcohol motifs (C(OH)–C–C–N with tert-alkyl or cyclic N) is 1. The summed E-state index contributed by atoms with van der Waals surface area (Å²) in [5, 5.41) is 10.4. The molecule has 0 aliphatic carbocycles. The first-order valence-corrected chi connectivity index (χ1v) is 7.99. The maximum atomic E-state index is 10.4. The lowest BCUT2D eigenvalue weighted by Crippen LogP contribution is -2.38. The van der Waals surface area contributed by atoms with Crippen molar-refractivity contribution in [1.82, 2.24) is 4.90 Å². The van der Waals surface area contributed by atoms with Crippen LogP contribution in [-0.4, -0.2) is 50.0 Å². The molecule has 0 radical (unpaired) electrons. The monoisotopic (exact) mass is 313 g/mol. The van der Waals surface area contributed by atoms with Crippen LogP contribution in [0.5, 0.6) is 5.75 Å². The predicted octanol–water partition coefficient (Wildman–Crippen LogP) is 2.73. The number of morpholine rings is 1. The summed E-state index contributed by atoms with van der Waals surface area (Å²) in [7, 11) is 1.67. The van der Waals surface area contributed by atoms with Gasteiger partial charge in [0.25, 0.3) is 0 Å². The third-order valence-corrected chi connectivity index (χ3v) is 4.23. The molecule has 1 N–H and O–H groups in total. The van der Waals surface area contributed by atoms with Gasteiger partial charge in [0.2, 0.25) is 0 Å². The number of hydrogen-bond donors (Lipinski definition) is 1. The fourth-order valence-electron chi connectivity index (χ4n) is 2.83. The number of benzene rings is 2. The van der Waals surface area contributed by atoms with Crippen molar-refractivity contribution in [2.45, 2.75) is 6.10 Å². The van der Waals surface area contributed by atoms with Crippen LogP contribution < -0.4 is 4.74 Å². The van der Waals surface area contributed by atoms with E-state index in [9.17, 15) is 5.11 Å². The van der Waals surface area contributed by atoms with Crippen molar-refractivity contribution >= 4 is 0 Å². The van der Waals surface area contributed by atoms with Crippen molar-refractivity contribution in [3.63, 3.8) is 0 Å². The fraction of sp³-hybridized carbons (Fsp3) is 0.368. The number of aliphatic hydroxyl groups excluding tert-OH is 1. The lowest BCUT2D eigenvalue weighted by Gasteiger charge is -2.28. The van der Waals surface area contributed by atoms with Gasteiger partial charge in [-0.05, 0) is 28.8 Å². The molecule has 122 valence electrons. The molecule has 23 heavy (non-hydrogen) atoms. The SMILES string of the molecule is COc1cccc(-c2ccc([C@@H](O)CN3CCOCC3)cc2)c1.